The molecule has 0 bridgehead atoms. The van der Waals surface area contributed by atoms with Crippen LogP contribution in [0.5, 0.6) is 0 Å². The second kappa shape index (κ2) is 5.84. The van der Waals surface area contributed by atoms with Crippen molar-refractivity contribution in [1.29, 1.82) is 5.26 Å². The van der Waals surface area contributed by atoms with Crippen LogP contribution in [0.2, 0.25) is 10.0 Å². The van der Waals surface area contributed by atoms with E-state index in [1.807, 2.05) is 6.07 Å². The first-order valence-electron chi connectivity index (χ1n) is 5.64. The molecule has 0 aliphatic heterocycles. The van der Waals surface area contributed by atoms with Crippen LogP contribution in [0.3, 0.4) is 0 Å². The number of benzene rings is 2. The van der Waals surface area contributed by atoms with Crippen LogP contribution in [-0.4, -0.2) is 0 Å². The summed E-state index contributed by atoms with van der Waals surface area (Å²) in [5.41, 5.74) is -0.477. The molecule has 0 heterocycles. The van der Waals surface area contributed by atoms with Gasteiger partial charge in [0.05, 0.1) is 33.6 Å². The van der Waals surface area contributed by atoms with Gasteiger partial charge in [0.2, 0.25) is 0 Å². The number of hydrogen-bond acceptors (Lipinski definition) is 2. The number of nitrogens with one attached hydrogen (secondary N) is 1. The molecule has 0 aliphatic carbocycles. The van der Waals surface area contributed by atoms with Crippen molar-refractivity contribution < 1.29 is 13.2 Å². The maximum absolute atomic E-state index is 13.0. The second-order valence-electron chi connectivity index (χ2n) is 4.12. The van der Waals surface area contributed by atoms with Crippen LogP contribution >= 0.6 is 23.2 Å². The third kappa shape index (κ3) is 3.60. The van der Waals surface area contributed by atoms with Gasteiger partial charge in [-0.25, -0.2) is 0 Å². The first kappa shape index (κ1) is 15.5. The van der Waals surface area contributed by atoms with Crippen molar-refractivity contribution in [2.75, 3.05) is 5.32 Å². The number of anilines is 2. The second-order valence-corrected chi connectivity index (χ2v) is 4.96. The molecule has 0 saturated carbocycles. The van der Waals surface area contributed by atoms with Crippen molar-refractivity contribution in [2.24, 2.45) is 0 Å². The monoisotopic (exact) mass is 330 g/mol. The molecule has 2 aromatic carbocycles. The lowest BCUT2D eigenvalue weighted by molar-refractivity contribution is -0.136. The topological polar surface area (TPSA) is 35.8 Å². The summed E-state index contributed by atoms with van der Waals surface area (Å²) >= 11 is 11.5. The smallest absolute Gasteiger partial charge is 0.354 e. The highest BCUT2D eigenvalue weighted by Gasteiger charge is 2.33. The molecular weight excluding hydrogens is 324 g/mol. The summed E-state index contributed by atoms with van der Waals surface area (Å²) in [5, 5.41) is 11.5. The van der Waals surface area contributed by atoms with Gasteiger partial charge in [0.25, 0.3) is 0 Å². The van der Waals surface area contributed by atoms with Gasteiger partial charge in [-0.1, -0.05) is 23.2 Å². The fourth-order valence-corrected chi connectivity index (χ4v) is 2.09. The van der Waals surface area contributed by atoms with Crippen LogP contribution in [0.15, 0.2) is 36.4 Å². The van der Waals surface area contributed by atoms with Gasteiger partial charge in [-0.2, -0.15) is 18.4 Å². The Labute approximate surface area is 128 Å². The summed E-state index contributed by atoms with van der Waals surface area (Å²) in [6.45, 7) is 0. The van der Waals surface area contributed by atoms with E-state index < -0.39 is 11.7 Å². The quantitative estimate of drug-likeness (QED) is 0.774. The third-order valence-electron chi connectivity index (χ3n) is 2.65. The Morgan fingerprint density at radius 1 is 1.00 bits per heavy atom. The largest absolute Gasteiger partial charge is 0.418 e. The predicted molar refractivity (Wildman–Crippen MR) is 75.9 cm³/mol. The standard InChI is InChI=1S/C14H7Cl2F3N2/c15-9-2-4-12(10(6-9)14(17,18)19)21-13-3-1-8(7-20)5-11(13)16/h1-6,21H. The van der Waals surface area contributed by atoms with E-state index in [2.05, 4.69) is 5.32 Å². The summed E-state index contributed by atoms with van der Waals surface area (Å²) in [7, 11) is 0. The Balaban J connectivity index is 2.43. The Morgan fingerprint density at radius 2 is 1.67 bits per heavy atom. The van der Waals surface area contributed by atoms with Gasteiger partial charge in [-0.15, -0.1) is 0 Å². The normalized spacial score (nSPS) is 11.0. The lowest BCUT2D eigenvalue weighted by Gasteiger charge is -2.15. The van der Waals surface area contributed by atoms with Crippen LogP contribution < -0.4 is 5.32 Å². The number of alkyl halides is 3. The van der Waals surface area contributed by atoms with Gasteiger partial charge < -0.3 is 5.32 Å². The molecule has 2 rings (SSSR count). The maximum atomic E-state index is 13.0. The van der Waals surface area contributed by atoms with Gasteiger partial charge in [0.15, 0.2) is 0 Å². The van der Waals surface area contributed by atoms with E-state index >= 15 is 0 Å². The SMILES string of the molecule is N#Cc1ccc(Nc2ccc(Cl)cc2C(F)(F)F)c(Cl)c1. The number of nitriles is 1. The van der Waals surface area contributed by atoms with Crippen LogP contribution in [0.4, 0.5) is 24.5 Å². The number of hydrogen-bond donors (Lipinski definition) is 1. The number of rotatable bonds is 2. The first-order chi connectivity index (χ1) is 9.81. The molecule has 2 nitrogen and oxygen atoms in total. The fraction of sp³-hybridized carbons (Fsp3) is 0.0714. The van der Waals surface area contributed by atoms with Crippen molar-refractivity contribution in [3.05, 3.63) is 57.6 Å². The number of nitrogens with zero attached hydrogens (tertiary/aromatic N) is 1. The first-order valence-corrected chi connectivity index (χ1v) is 6.40. The van der Waals surface area contributed by atoms with E-state index in [0.29, 0.717) is 5.56 Å². The van der Waals surface area contributed by atoms with E-state index in [1.165, 1.54) is 30.3 Å². The minimum absolute atomic E-state index is 0.0150. The zero-order valence-corrected chi connectivity index (χ0v) is 11.8. The van der Waals surface area contributed by atoms with Crippen molar-refractivity contribution in [1.82, 2.24) is 0 Å². The summed E-state index contributed by atoms with van der Waals surface area (Å²) in [4.78, 5) is 0. The molecule has 0 radical (unpaired) electrons. The Hall–Kier alpha value is -1.90. The maximum Gasteiger partial charge on any atom is 0.418 e. The lowest BCUT2D eigenvalue weighted by atomic mass is 10.1. The minimum atomic E-state index is -4.55. The highest BCUT2D eigenvalue weighted by molar-refractivity contribution is 6.33. The summed E-state index contributed by atoms with van der Waals surface area (Å²) in [5.74, 6) is 0. The summed E-state index contributed by atoms with van der Waals surface area (Å²) in [6.07, 6.45) is -4.55. The molecule has 0 fully saturated rings. The van der Waals surface area contributed by atoms with Crippen molar-refractivity contribution >= 4 is 34.6 Å². The molecule has 0 spiro atoms. The zero-order valence-electron chi connectivity index (χ0n) is 10.3. The number of halogens is 5. The molecule has 2 aromatic rings. The molecule has 0 atom stereocenters. The Morgan fingerprint density at radius 3 is 2.24 bits per heavy atom. The van der Waals surface area contributed by atoms with Crippen molar-refractivity contribution in [3.63, 3.8) is 0 Å². The van der Waals surface area contributed by atoms with Crippen LogP contribution in [0.25, 0.3) is 0 Å². The van der Waals surface area contributed by atoms with Crippen LogP contribution in [-0.2, 0) is 6.18 Å². The molecule has 0 saturated heterocycles. The minimum Gasteiger partial charge on any atom is -0.354 e. The van der Waals surface area contributed by atoms with Gasteiger partial charge in [-0.05, 0) is 36.4 Å². The summed E-state index contributed by atoms with van der Waals surface area (Å²) < 4.78 is 38.9. The summed E-state index contributed by atoms with van der Waals surface area (Å²) in [6, 6.07) is 9.56. The highest BCUT2D eigenvalue weighted by atomic mass is 35.5. The van der Waals surface area contributed by atoms with Gasteiger partial charge >= 0.3 is 6.18 Å². The predicted octanol–water partition coefficient (Wildman–Crippen LogP) is 5.63. The van der Waals surface area contributed by atoms with Gasteiger partial charge in [0.1, 0.15) is 0 Å². The molecule has 0 aliphatic rings. The molecule has 0 unspecified atom stereocenters. The molecule has 0 amide bonds. The van der Waals surface area contributed by atoms with Gasteiger partial charge in [-0.3, -0.25) is 0 Å². The highest BCUT2D eigenvalue weighted by Crippen LogP contribution is 2.38. The van der Waals surface area contributed by atoms with Crippen LogP contribution in [0, 0.1) is 11.3 Å². The molecule has 0 aromatic heterocycles. The average molecular weight is 331 g/mol. The fourth-order valence-electron chi connectivity index (χ4n) is 1.69. The average Bonchev–Trinajstić information content (AvgIpc) is 2.41. The van der Waals surface area contributed by atoms with E-state index in [9.17, 15) is 13.2 Å². The molecule has 108 valence electrons. The van der Waals surface area contributed by atoms with E-state index in [-0.39, 0.29) is 21.4 Å². The van der Waals surface area contributed by atoms with Gasteiger partial charge in [0, 0.05) is 5.02 Å². The van der Waals surface area contributed by atoms with Crippen molar-refractivity contribution in [3.8, 4) is 6.07 Å². The Kier molecular flexibility index (Phi) is 4.31. The zero-order chi connectivity index (χ0) is 15.6. The third-order valence-corrected chi connectivity index (χ3v) is 3.20. The van der Waals surface area contributed by atoms with Crippen molar-refractivity contribution in [2.45, 2.75) is 6.18 Å². The van der Waals surface area contributed by atoms with Crippen LogP contribution in [0.1, 0.15) is 11.1 Å². The van der Waals surface area contributed by atoms with E-state index in [4.69, 9.17) is 28.5 Å². The molecule has 1 N–H and O–H groups in total. The van der Waals surface area contributed by atoms with E-state index in [1.54, 1.807) is 0 Å². The molecule has 21 heavy (non-hydrogen) atoms. The Bertz CT molecular complexity index is 721. The molecule has 7 heteroatoms. The molecular formula is C14H7Cl2F3N2. The lowest BCUT2D eigenvalue weighted by Crippen LogP contribution is -2.09. The van der Waals surface area contributed by atoms with E-state index in [0.717, 1.165) is 6.07 Å².